The number of amides is 1. The predicted octanol–water partition coefficient (Wildman–Crippen LogP) is 2.33. The quantitative estimate of drug-likeness (QED) is 0.726. The van der Waals surface area contributed by atoms with Crippen molar-refractivity contribution in [1.29, 1.82) is 0 Å². The van der Waals surface area contributed by atoms with E-state index in [1.165, 1.54) is 5.56 Å². The highest BCUT2D eigenvalue weighted by atomic mass is 16.1. The molecule has 1 N–H and O–H groups in total. The van der Waals surface area contributed by atoms with Gasteiger partial charge in [-0.05, 0) is 38.4 Å². The minimum atomic E-state index is 0.111. The van der Waals surface area contributed by atoms with Gasteiger partial charge in [0.05, 0.1) is 6.20 Å². The first kappa shape index (κ1) is 19.3. The molecule has 0 saturated carbocycles. The Bertz CT molecular complexity index is 686. The maximum atomic E-state index is 12.4. The maximum Gasteiger partial charge on any atom is 0.223 e. The smallest absolute Gasteiger partial charge is 0.223 e. The second kappa shape index (κ2) is 10.0. The van der Waals surface area contributed by atoms with Gasteiger partial charge in [-0.25, -0.2) is 4.98 Å². The van der Waals surface area contributed by atoms with Crippen LogP contribution < -0.4 is 10.2 Å². The van der Waals surface area contributed by atoms with Gasteiger partial charge >= 0.3 is 0 Å². The number of hydrogen-bond acceptors (Lipinski definition) is 5. The molecule has 2 heterocycles. The molecular weight excluding hydrogens is 338 g/mol. The van der Waals surface area contributed by atoms with Gasteiger partial charge in [-0.2, -0.15) is 0 Å². The average molecular weight is 367 g/mol. The van der Waals surface area contributed by atoms with Crippen molar-refractivity contribution in [2.75, 3.05) is 38.1 Å². The molecule has 0 radical (unpaired) electrons. The molecule has 6 heteroatoms. The van der Waals surface area contributed by atoms with E-state index >= 15 is 0 Å². The van der Waals surface area contributed by atoms with Gasteiger partial charge in [0.1, 0.15) is 5.82 Å². The summed E-state index contributed by atoms with van der Waals surface area (Å²) in [6.07, 6.45) is 7.89. The van der Waals surface area contributed by atoms with E-state index in [2.05, 4.69) is 56.4 Å². The first-order valence-electron chi connectivity index (χ1n) is 9.73. The van der Waals surface area contributed by atoms with Crippen LogP contribution in [-0.4, -0.2) is 54.0 Å². The molecule has 1 saturated heterocycles. The molecule has 3 rings (SSSR count). The zero-order chi connectivity index (χ0) is 18.9. The van der Waals surface area contributed by atoms with E-state index in [0.29, 0.717) is 0 Å². The van der Waals surface area contributed by atoms with Crippen molar-refractivity contribution in [3.63, 3.8) is 0 Å². The summed E-state index contributed by atoms with van der Waals surface area (Å²) in [5, 5.41) is 3.11. The zero-order valence-electron chi connectivity index (χ0n) is 16.1. The average Bonchev–Trinajstić information content (AvgIpc) is 2.72. The Morgan fingerprint density at radius 1 is 1.22 bits per heavy atom. The first-order chi connectivity index (χ1) is 13.2. The fourth-order valence-corrected chi connectivity index (χ4v) is 3.50. The molecule has 1 aliphatic rings. The summed E-state index contributed by atoms with van der Waals surface area (Å²) in [4.78, 5) is 25.4. The summed E-state index contributed by atoms with van der Waals surface area (Å²) in [6.45, 7) is 4.37. The van der Waals surface area contributed by atoms with Crippen molar-refractivity contribution >= 4 is 11.7 Å². The maximum absolute atomic E-state index is 12.4. The highest BCUT2D eigenvalue weighted by molar-refractivity contribution is 5.78. The van der Waals surface area contributed by atoms with E-state index in [9.17, 15) is 4.79 Å². The largest absolute Gasteiger partial charge is 0.356 e. The van der Waals surface area contributed by atoms with Crippen LogP contribution in [0.4, 0.5) is 5.82 Å². The molecule has 0 atom stereocenters. The minimum absolute atomic E-state index is 0.111. The van der Waals surface area contributed by atoms with Gasteiger partial charge in [0, 0.05) is 44.5 Å². The van der Waals surface area contributed by atoms with Crippen LogP contribution in [0.5, 0.6) is 0 Å². The normalized spacial score (nSPS) is 15.1. The number of anilines is 1. The molecule has 144 valence electrons. The molecule has 2 aromatic rings. The molecule has 0 bridgehead atoms. The second-order valence-corrected chi connectivity index (χ2v) is 7.19. The van der Waals surface area contributed by atoms with Crippen LogP contribution in [0.2, 0.25) is 0 Å². The Labute approximate surface area is 161 Å². The standard InChI is InChI=1S/C21H29N5O/c1-25(17-18-6-3-2-4-7-18)13-5-10-24-21(27)19-8-14-26(15-9-19)20-16-22-11-12-23-20/h2-4,6-7,11-12,16,19H,5,8-10,13-15,17H2,1H3,(H,24,27). The van der Waals surface area contributed by atoms with Crippen molar-refractivity contribution in [3.05, 3.63) is 54.5 Å². The number of aromatic nitrogens is 2. The molecule has 1 aromatic carbocycles. The lowest BCUT2D eigenvalue weighted by molar-refractivity contribution is -0.125. The van der Waals surface area contributed by atoms with Gasteiger partial charge < -0.3 is 15.1 Å². The van der Waals surface area contributed by atoms with Crippen LogP contribution in [0.1, 0.15) is 24.8 Å². The third-order valence-corrected chi connectivity index (χ3v) is 5.05. The van der Waals surface area contributed by atoms with Gasteiger partial charge in [0.25, 0.3) is 0 Å². The van der Waals surface area contributed by atoms with E-state index in [1.807, 2.05) is 6.07 Å². The van der Waals surface area contributed by atoms with Crippen molar-refractivity contribution in [2.24, 2.45) is 5.92 Å². The summed E-state index contributed by atoms with van der Waals surface area (Å²) in [5.41, 5.74) is 1.32. The van der Waals surface area contributed by atoms with Crippen molar-refractivity contribution in [2.45, 2.75) is 25.8 Å². The lowest BCUT2D eigenvalue weighted by atomic mass is 9.96. The van der Waals surface area contributed by atoms with E-state index in [0.717, 1.165) is 57.8 Å². The van der Waals surface area contributed by atoms with E-state index in [1.54, 1.807) is 18.6 Å². The van der Waals surface area contributed by atoms with Crippen molar-refractivity contribution < 1.29 is 4.79 Å². The lowest BCUT2D eigenvalue weighted by Gasteiger charge is -2.31. The number of piperidine rings is 1. The Morgan fingerprint density at radius 3 is 2.70 bits per heavy atom. The van der Waals surface area contributed by atoms with E-state index < -0.39 is 0 Å². The second-order valence-electron chi connectivity index (χ2n) is 7.19. The summed E-state index contributed by atoms with van der Waals surface area (Å²) in [7, 11) is 2.12. The van der Waals surface area contributed by atoms with Crippen LogP contribution in [0.15, 0.2) is 48.9 Å². The first-order valence-corrected chi connectivity index (χ1v) is 9.73. The number of carbonyl (C=O) groups is 1. The molecule has 0 spiro atoms. The van der Waals surface area contributed by atoms with Crippen molar-refractivity contribution in [1.82, 2.24) is 20.2 Å². The molecule has 1 aliphatic heterocycles. The summed E-state index contributed by atoms with van der Waals surface area (Å²) in [5.74, 6) is 1.21. The monoisotopic (exact) mass is 367 g/mol. The SMILES string of the molecule is CN(CCCNC(=O)C1CCN(c2cnccn2)CC1)Cc1ccccc1. The summed E-state index contributed by atoms with van der Waals surface area (Å²) < 4.78 is 0. The van der Waals surface area contributed by atoms with Crippen LogP contribution in [0, 0.1) is 5.92 Å². The molecule has 1 fully saturated rings. The van der Waals surface area contributed by atoms with Crippen molar-refractivity contribution in [3.8, 4) is 0 Å². The van der Waals surface area contributed by atoms with Crippen LogP contribution in [-0.2, 0) is 11.3 Å². The van der Waals surface area contributed by atoms with Crippen LogP contribution in [0.3, 0.4) is 0 Å². The Balaban J connectivity index is 1.31. The lowest BCUT2D eigenvalue weighted by Crippen LogP contribution is -2.41. The molecule has 1 amide bonds. The number of hydrogen-bond donors (Lipinski definition) is 1. The number of nitrogens with one attached hydrogen (secondary N) is 1. The van der Waals surface area contributed by atoms with Gasteiger partial charge in [-0.3, -0.25) is 9.78 Å². The topological polar surface area (TPSA) is 61.4 Å². The van der Waals surface area contributed by atoms with Crippen LogP contribution in [0.25, 0.3) is 0 Å². The van der Waals surface area contributed by atoms with Gasteiger partial charge in [-0.1, -0.05) is 30.3 Å². The Kier molecular flexibility index (Phi) is 7.16. The van der Waals surface area contributed by atoms with E-state index in [4.69, 9.17) is 0 Å². The highest BCUT2D eigenvalue weighted by Crippen LogP contribution is 2.21. The zero-order valence-corrected chi connectivity index (χ0v) is 16.1. The van der Waals surface area contributed by atoms with Gasteiger partial charge in [0.15, 0.2) is 0 Å². The number of benzene rings is 1. The van der Waals surface area contributed by atoms with Gasteiger partial charge in [0.2, 0.25) is 5.91 Å². The number of nitrogens with zero attached hydrogens (tertiary/aromatic N) is 4. The molecule has 1 aromatic heterocycles. The van der Waals surface area contributed by atoms with E-state index in [-0.39, 0.29) is 11.8 Å². The predicted molar refractivity (Wildman–Crippen MR) is 107 cm³/mol. The Hall–Kier alpha value is -2.47. The third-order valence-electron chi connectivity index (χ3n) is 5.05. The fraction of sp³-hybridized carbons (Fsp3) is 0.476. The fourth-order valence-electron chi connectivity index (χ4n) is 3.50. The third kappa shape index (κ3) is 6.03. The molecule has 0 aliphatic carbocycles. The summed E-state index contributed by atoms with van der Waals surface area (Å²) in [6, 6.07) is 10.5. The molecular formula is C21H29N5O. The summed E-state index contributed by atoms with van der Waals surface area (Å²) >= 11 is 0. The molecule has 6 nitrogen and oxygen atoms in total. The number of rotatable bonds is 8. The Morgan fingerprint density at radius 2 is 2.00 bits per heavy atom. The molecule has 0 unspecified atom stereocenters. The minimum Gasteiger partial charge on any atom is -0.356 e. The molecule has 27 heavy (non-hydrogen) atoms. The number of carbonyl (C=O) groups excluding carboxylic acids is 1. The van der Waals surface area contributed by atoms with Gasteiger partial charge in [-0.15, -0.1) is 0 Å². The van der Waals surface area contributed by atoms with Crippen LogP contribution >= 0.6 is 0 Å². The highest BCUT2D eigenvalue weighted by Gasteiger charge is 2.25.